The number of ether oxygens (including phenoxy) is 1. The Labute approximate surface area is 110 Å². The van der Waals surface area contributed by atoms with Crippen molar-refractivity contribution in [3.63, 3.8) is 0 Å². The van der Waals surface area contributed by atoms with E-state index < -0.39 is 0 Å². The first kappa shape index (κ1) is 12.4. The lowest BCUT2D eigenvalue weighted by Gasteiger charge is -2.07. The van der Waals surface area contributed by atoms with Gasteiger partial charge in [0.05, 0.1) is 29.1 Å². The Kier molecular flexibility index (Phi) is 3.80. The van der Waals surface area contributed by atoms with Crippen LogP contribution in [0.25, 0.3) is 0 Å². The van der Waals surface area contributed by atoms with Crippen molar-refractivity contribution in [3.05, 3.63) is 39.8 Å². The van der Waals surface area contributed by atoms with Crippen molar-refractivity contribution in [1.29, 1.82) is 5.26 Å². The van der Waals surface area contributed by atoms with E-state index in [9.17, 15) is 0 Å². The number of anilines is 1. The molecule has 0 aliphatic heterocycles. The van der Waals surface area contributed by atoms with Gasteiger partial charge in [0.25, 0.3) is 0 Å². The number of nitrogen functional groups attached to an aromatic ring is 1. The van der Waals surface area contributed by atoms with Crippen molar-refractivity contribution in [2.45, 2.75) is 13.3 Å². The van der Waals surface area contributed by atoms with Gasteiger partial charge < -0.3 is 10.5 Å². The Hall–Kier alpha value is -2.06. The Balaban J connectivity index is 1.93. The van der Waals surface area contributed by atoms with E-state index in [0.29, 0.717) is 23.6 Å². The summed E-state index contributed by atoms with van der Waals surface area (Å²) in [6.07, 6.45) is 0.830. The molecule has 0 aliphatic carbocycles. The van der Waals surface area contributed by atoms with Crippen molar-refractivity contribution < 1.29 is 4.74 Å². The second-order valence-electron chi connectivity index (χ2n) is 3.82. The Morgan fingerprint density at radius 3 is 2.94 bits per heavy atom. The summed E-state index contributed by atoms with van der Waals surface area (Å²) >= 11 is 1.64. The number of thiazole rings is 1. The maximum Gasteiger partial charge on any atom is 0.121 e. The van der Waals surface area contributed by atoms with Gasteiger partial charge in [-0.15, -0.1) is 11.3 Å². The molecule has 1 heterocycles. The van der Waals surface area contributed by atoms with Gasteiger partial charge in [-0.05, 0) is 19.1 Å². The van der Waals surface area contributed by atoms with Crippen LogP contribution >= 0.6 is 11.3 Å². The largest absolute Gasteiger partial charge is 0.493 e. The van der Waals surface area contributed by atoms with Crippen LogP contribution in [0.15, 0.2) is 23.7 Å². The summed E-state index contributed by atoms with van der Waals surface area (Å²) in [5.74, 6) is 0.689. The lowest BCUT2D eigenvalue weighted by atomic mass is 10.2. The first-order valence-corrected chi connectivity index (χ1v) is 6.40. The first-order valence-electron chi connectivity index (χ1n) is 5.52. The number of aromatic nitrogens is 1. The van der Waals surface area contributed by atoms with E-state index in [0.717, 1.165) is 12.1 Å². The van der Waals surface area contributed by atoms with Crippen molar-refractivity contribution in [1.82, 2.24) is 4.98 Å². The number of benzene rings is 1. The average Bonchev–Trinajstić information content (AvgIpc) is 2.75. The van der Waals surface area contributed by atoms with Gasteiger partial charge in [0, 0.05) is 17.4 Å². The molecule has 0 saturated heterocycles. The first-order chi connectivity index (χ1) is 8.70. The lowest BCUT2D eigenvalue weighted by molar-refractivity contribution is 0.323. The van der Waals surface area contributed by atoms with E-state index in [-0.39, 0.29) is 0 Å². The highest BCUT2D eigenvalue weighted by Crippen LogP contribution is 2.20. The molecule has 0 bridgehead atoms. The quantitative estimate of drug-likeness (QED) is 0.856. The van der Waals surface area contributed by atoms with Crippen LogP contribution in [0.2, 0.25) is 0 Å². The van der Waals surface area contributed by atoms with Gasteiger partial charge in [0.2, 0.25) is 0 Å². The third-order valence-corrected chi connectivity index (χ3v) is 3.58. The minimum absolute atomic E-state index is 0.448. The molecule has 0 unspecified atom stereocenters. The molecule has 0 atom stereocenters. The smallest absolute Gasteiger partial charge is 0.121 e. The summed E-state index contributed by atoms with van der Waals surface area (Å²) in [5.41, 5.74) is 9.53. The fraction of sp³-hybridized carbons (Fsp3) is 0.231. The standard InChI is InChI=1S/C13H13N3OS/c1-9-13(18-8-16-9)4-5-17-11-3-2-10(7-14)12(15)6-11/h2-3,6,8H,4-5,15H2,1H3. The molecule has 1 aromatic carbocycles. The van der Waals surface area contributed by atoms with Crippen LogP contribution in [0.5, 0.6) is 5.75 Å². The normalized spacial score (nSPS) is 10.0. The van der Waals surface area contributed by atoms with Crippen molar-refractivity contribution >= 4 is 17.0 Å². The monoisotopic (exact) mass is 259 g/mol. The summed E-state index contributed by atoms with van der Waals surface area (Å²) in [6.45, 7) is 2.57. The maximum absolute atomic E-state index is 8.76. The van der Waals surface area contributed by atoms with E-state index in [2.05, 4.69) is 4.98 Å². The Morgan fingerprint density at radius 2 is 2.33 bits per heavy atom. The molecule has 0 radical (unpaired) electrons. The highest BCUT2D eigenvalue weighted by Gasteiger charge is 2.03. The molecule has 0 fully saturated rings. The summed E-state index contributed by atoms with van der Waals surface area (Å²) in [7, 11) is 0. The molecule has 18 heavy (non-hydrogen) atoms. The van der Waals surface area contributed by atoms with Gasteiger partial charge in [-0.1, -0.05) is 0 Å². The highest BCUT2D eigenvalue weighted by atomic mass is 32.1. The molecule has 2 aromatic rings. The third kappa shape index (κ3) is 2.79. The second kappa shape index (κ2) is 5.52. The lowest BCUT2D eigenvalue weighted by Crippen LogP contribution is -2.02. The molecule has 2 rings (SSSR count). The van der Waals surface area contributed by atoms with Crippen molar-refractivity contribution in [2.75, 3.05) is 12.3 Å². The van der Waals surface area contributed by atoms with Crippen LogP contribution in [0.1, 0.15) is 16.1 Å². The SMILES string of the molecule is Cc1ncsc1CCOc1ccc(C#N)c(N)c1. The number of nitrogens with zero attached hydrogens (tertiary/aromatic N) is 2. The molecule has 4 nitrogen and oxygen atoms in total. The number of hydrogen-bond donors (Lipinski definition) is 1. The zero-order valence-electron chi connectivity index (χ0n) is 10.0. The van der Waals surface area contributed by atoms with Crippen LogP contribution in [0.4, 0.5) is 5.69 Å². The van der Waals surface area contributed by atoms with Gasteiger partial charge >= 0.3 is 0 Å². The predicted molar refractivity (Wildman–Crippen MR) is 71.6 cm³/mol. The number of nitriles is 1. The minimum Gasteiger partial charge on any atom is -0.493 e. The summed E-state index contributed by atoms with van der Waals surface area (Å²) < 4.78 is 5.60. The molecule has 1 aromatic heterocycles. The van der Waals surface area contributed by atoms with E-state index in [1.807, 2.05) is 18.5 Å². The summed E-state index contributed by atoms with van der Waals surface area (Å²) in [4.78, 5) is 5.42. The van der Waals surface area contributed by atoms with Crippen LogP contribution < -0.4 is 10.5 Å². The molecule has 0 saturated carbocycles. The number of aryl methyl sites for hydroxylation is 1. The molecule has 92 valence electrons. The van der Waals surface area contributed by atoms with E-state index in [1.165, 1.54) is 4.88 Å². The van der Waals surface area contributed by atoms with E-state index in [1.54, 1.807) is 29.5 Å². The summed E-state index contributed by atoms with van der Waals surface area (Å²) in [6, 6.07) is 7.13. The zero-order chi connectivity index (χ0) is 13.0. The van der Waals surface area contributed by atoms with E-state index >= 15 is 0 Å². The molecule has 0 amide bonds. The van der Waals surface area contributed by atoms with Gasteiger partial charge in [-0.3, -0.25) is 0 Å². The molecule has 0 spiro atoms. The van der Waals surface area contributed by atoms with Crippen molar-refractivity contribution in [3.8, 4) is 11.8 Å². The second-order valence-corrected chi connectivity index (χ2v) is 4.76. The molecular weight excluding hydrogens is 246 g/mol. The minimum atomic E-state index is 0.448. The molecule has 2 N–H and O–H groups in total. The predicted octanol–water partition coefficient (Wildman–Crippen LogP) is 2.53. The Bertz CT molecular complexity index is 586. The van der Waals surface area contributed by atoms with Crippen molar-refractivity contribution in [2.24, 2.45) is 0 Å². The van der Waals surface area contributed by atoms with Gasteiger partial charge in [-0.25, -0.2) is 4.98 Å². The zero-order valence-corrected chi connectivity index (χ0v) is 10.8. The Morgan fingerprint density at radius 1 is 1.50 bits per heavy atom. The molecule has 5 heteroatoms. The molecule has 0 aliphatic rings. The summed E-state index contributed by atoms with van der Waals surface area (Å²) in [5, 5.41) is 8.76. The van der Waals surface area contributed by atoms with Crippen LogP contribution in [0.3, 0.4) is 0 Å². The topological polar surface area (TPSA) is 71.9 Å². The highest BCUT2D eigenvalue weighted by molar-refractivity contribution is 7.09. The fourth-order valence-corrected chi connectivity index (χ4v) is 2.32. The maximum atomic E-state index is 8.76. The van der Waals surface area contributed by atoms with Gasteiger partial charge in [0.15, 0.2) is 0 Å². The van der Waals surface area contributed by atoms with E-state index in [4.69, 9.17) is 15.7 Å². The third-order valence-electron chi connectivity index (χ3n) is 2.59. The number of rotatable bonds is 4. The molecular formula is C13H13N3OS. The van der Waals surface area contributed by atoms with Crippen LogP contribution in [-0.2, 0) is 6.42 Å². The number of nitrogens with two attached hydrogens (primary N) is 1. The van der Waals surface area contributed by atoms with Crippen LogP contribution in [0, 0.1) is 18.3 Å². The average molecular weight is 259 g/mol. The van der Waals surface area contributed by atoms with Gasteiger partial charge in [0.1, 0.15) is 11.8 Å². The van der Waals surface area contributed by atoms with Gasteiger partial charge in [-0.2, -0.15) is 5.26 Å². The fourth-order valence-electron chi connectivity index (χ4n) is 1.56. The number of hydrogen-bond acceptors (Lipinski definition) is 5. The van der Waals surface area contributed by atoms with Crippen LogP contribution in [-0.4, -0.2) is 11.6 Å².